The van der Waals surface area contributed by atoms with Crippen LogP contribution in [0.4, 0.5) is 0 Å². The number of H-pyrrole nitrogens is 1. The van der Waals surface area contributed by atoms with Gasteiger partial charge in [0, 0.05) is 16.3 Å². The average molecular weight is 266 g/mol. The molecule has 0 aliphatic rings. The summed E-state index contributed by atoms with van der Waals surface area (Å²) in [6, 6.07) is 5.58. The topological polar surface area (TPSA) is 63.8 Å². The molecule has 0 unspecified atom stereocenters. The van der Waals surface area contributed by atoms with Gasteiger partial charge in [-0.05, 0) is 50.6 Å². The summed E-state index contributed by atoms with van der Waals surface area (Å²) in [5.74, 6) is 0. The molecule has 0 amide bonds. The van der Waals surface area contributed by atoms with Crippen molar-refractivity contribution in [2.75, 3.05) is 6.54 Å². The summed E-state index contributed by atoms with van der Waals surface area (Å²) in [7, 11) is 0. The smallest absolute Gasteiger partial charge is 0.267 e. The van der Waals surface area contributed by atoms with Crippen molar-refractivity contribution in [3.8, 4) is 5.69 Å². The van der Waals surface area contributed by atoms with Crippen LogP contribution >= 0.6 is 11.6 Å². The van der Waals surface area contributed by atoms with E-state index < -0.39 is 0 Å². The fraction of sp³-hybridized carbons (Fsp3) is 0.308. The highest BCUT2D eigenvalue weighted by Crippen LogP contribution is 2.20. The van der Waals surface area contributed by atoms with Crippen LogP contribution in [-0.2, 0) is 6.42 Å². The van der Waals surface area contributed by atoms with Crippen LogP contribution in [0.25, 0.3) is 5.69 Å². The Morgan fingerprint density at radius 3 is 2.72 bits per heavy atom. The average Bonchev–Trinajstić information content (AvgIpc) is 2.58. The number of hydrogen-bond acceptors (Lipinski definition) is 2. The van der Waals surface area contributed by atoms with E-state index in [0.29, 0.717) is 18.0 Å². The number of halogens is 1. The standard InChI is InChI=1S/C13H16ClN3O/c1-8-7-10(14)3-4-12(8)17-9(2)11(5-6-15)13(18)16-17/h3-4,7H,5-6,15H2,1-2H3,(H,16,18). The van der Waals surface area contributed by atoms with Crippen LogP contribution in [0, 0.1) is 13.8 Å². The highest BCUT2D eigenvalue weighted by atomic mass is 35.5. The first-order valence-electron chi connectivity index (χ1n) is 5.81. The van der Waals surface area contributed by atoms with E-state index in [2.05, 4.69) is 5.10 Å². The number of nitrogens with one attached hydrogen (secondary N) is 1. The Labute approximate surface area is 110 Å². The molecule has 0 aliphatic carbocycles. The van der Waals surface area contributed by atoms with Gasteiger partial charge in [0.1, 0.15) is 0 Å². The number of aromatic amines is 1. The first-order chi connectivity index (χ1) is 8.54. The number of aromatic nitrogens is 2. The van der Waals surface area contributed by atoms with E-state index in [-0.39, 0.29) is 5.56 Å². The third-order valence-corrected chi connectivity index (χ3v) is 3.29. The van der Waals surface area contributed by atoms with Crippen molar-refractivity contribution in [2.45, 2.75) is 20.3 Å². The SMILES string of the molecule is Cc1cc(Cl)ccc1-n1[nH]c(=O)c(CCN)c1C. The second kappa shape index (κ2) is 5.00. The Bertz CT molecular complexity index is 628. The van der Waals surface area contributed by atoms with Crippen molar-refractivity contribution in [1.82, 2.24) is 9.78 Å². The third-order valence-electron chi connectivity index (χ3n) is 3.05. The van der Waals surface area contributed by atoms with E-state index in [1.807, 2.05) is 32.0 Å². The lowest BCUT2D eigenvalue weighted by atomic mass is 10.1. The molecule has 0 aliphatic heterocycles. The van der Waals surface area contributed by atoms with E-state index in [1.54, 1.807) is 4.68 Å². The van der Waals surface area contributed by atoms with E-state index >= 15 is 0 Å². The zero-order valence-corrected chi connectivity index (χ0v) is 11.2. The summed E-state index contributed by atoms with van der Waals surface area (Å²) >= 11 is 5.93. The molecule has 18 heavy (non-hydrogen) atoms. The Balaban J connectivity index is 2.58. The molecular weight excluding hydrogens is 250 g/mol. The predicted octanol–water partition coefficient (Wildman–Crippen LogP) is 1.94. The van der Waals surface area contributed by atoms with Gasteiger partial charge in [-0.1, -0.05) is 11.6 Å². The summed E-state index contributed by atoms with van der Waals surface area (Å²) in [4.78, 5) is 11.8. The lowest BCUT2D eigenvalue weighted by molar-refractivity contribution is 0.826. The minimum atomic E-state index is -0.0766. The van der Waals surface area contributed by atoms with Crippen molar-refractivity contribution in [3.05, 3.63) is 50.4 Å². The zero-order chi connectivity index (χ0) is 13.3. The molecule has 0 fully saturated rings. The molecule has 0 atom stereocenters. The van der Waals surface area contributed by atoms with Gasteiger partial charge < -0.3 is 5.73 Å². The van der Waals surface area contributed by atoms with Crippen molar-refractivity contribution in [1.29, 1.82) is 0 Å². The van der Waals surface area contributed by atoms with Crippen molar-refractivity contribution in [2.24, 2.45) is 5.73 Å². The molecule has 0 radical (unpaired) electrons. The number of nitrogens with two attached hydrogens (primary N) is 1. The molecular formula is C13H16ClN3O. The molecule has 3 N–H and O–H groups in total. The van der Waals surface area contributed by atoms with Crippen LogP contribution in [0.15, 0.2) is 23.0 Å². The highest BCUT2D eigenvalue weighted by molar-refractivity contribution is 6.30. The maximum Gasteiger partial charge on any atom is 0.267 e. The molecule has 1 aromatic carbocycles. The summed E-state index contributed by atoms with van der Waals surface area (Å²) in [5, 5.41) is 3.52. The van der Waals surface area contributed by atoms with Gasteiger partial charge in [0.25, 0.3) is 5.56 Å². The molecule has 1 heterocycles. The highest BCUT2D eigenvalue weighted by Gasteiger charge is 2.12. The lowest BCUT2D eigenvalue weighted by Crippen LogP contribution is -2.12. The number of nitrogens with zero attached hydrogens (tertiary/aromatic N) is 1. The van der Waals surface area contributed by atoms with Crippen molar-refractivity contribution >= 4 is 11.6 Å². The van der Waals surface area contributed by atoms with E-state index in [4.69, 9.17) is 17.3 Å². The number of hydrogen-bond donors (Lipinski definition) is 2. The molecule has 1 aromatic heterocycles. The minimum Gasteiger partial charge on any atom is -0.330 e. The van der Waals surface area contributed by atoms with Gasteiger partial charge in [-0.2, -0.15) is 0 Å². The molecule has 0 bridgehead atoms. The molecule has 96 valence electrons. The molecule has 0 spiro atoms. The largest absolute Gasteiger partial charge is 0.330 e. The molecule has 0 saturated carbocycles. The van der Waals surface area contributed by atoms with Crippen molar-refractivity contribution < 1.29 is 0 Å². The van der Waals surface area contributed by atoms with Gasteiger partial charge in [-0.15, -0.1) is 0 Å². The Hall–Kier alpha value is -1.52. The van der Waals surface area contributed by atoms with Gasteiger partial charge in [-0.3, -0.25) is 14.6 Å². The minimum absolute atomic E-state index is 0.0766. The lowest BCUT2D eigenvalue weighted by Gasteiger charge is -2.09. The number of rotatable bonds is 3. The second-order valence-electron chi connectivity index (χ2n) is 4.31. The zero-order valence-electron chi connectivity index (χ0n) is 10.5. The maximum absolute atomic E-state index is 11.8. The molecule has 2 rings (SSSR count). The Morgan fingerprint density at radius 2 is 2.11 bits per heavy atom. The summed E-state index contributed by atoms with van der Waals surface area (Å²) in [6.07, 6.45) is 0.584. The van der Waals surface area contributed by atoms with Crippen LogP contribution in [0.5, 0.6) is 0 Å². The van der Waals surface area contributed by atoms with Crippen LogP contribution < -0.4 is 11.3 Å². The Kier molecular flexibility index (Phi) is 3.59. The van der Waals surface area contributed by atoms with Crippen LogP contribution in [-0.4, -0.2) is 16.3 Å². The second-order valence-corrected chi connectivity index (χ2v) is 4.75. The fourth-order valence-corrected chi connectivity index (χ4v) is 2.33. The number of aryl methyl sites for hydroxylation is 1. The maximum atomic E-state index is 11.8. The molecule has 2 aromatic rings. The van der Waals surface area contributed by atoms with E-state index in [1.165, 1.54) is 0 Å². The first kappa shape index (κ1) is 12.9. The number of benzene rings is 1. The van der Waals surface area contributed by atoms with Gasteiger partial charge in [0.05, 0.1) is 5.69 Å². The predicted molar refractivity (Wildman–Crippen MR) is 73.6 cm³/mol. The van der Waals surface area contributed by atoms with Crippen LogP contribution in [0.2, 0.25) is 5.02 Å². The van der Waals surface area contributed by atoms with Crippen LogP contribution in [0.3, 0.4) is 0 Å². The van der Waals surface area contributed by atoms with Gasteiger partial charge in [0.2, 0.25) is 0 Å². The molecule has 5 heteroatoms. The fourth-order valence-electron chi connectivity index (χ4n) is 2.10. The third kappa shape index (κ3) is 2.21. The summed E-state index contributed by atoms with van der Waals surface area (Å²) in [5.41, 5.74) is 9.02. The monoisotopic (exact) mass is 265 g/mol. The van der Waals surface area contributed by atoms with Crippen molar-refractivity contribution in [3.63, 3.8) is 0 Å². The Morgan fingerprint density at radius 1 is 1.39 bits per heavy atom. The quantitative estimate of drug-likeness (QED) is 0.891. The van der Waals surface area contributed by atoms with Crippen LogP contribution in [0.1, 0.15) is 16.8 Å². The van der Waals surface area contributed by atoms with Gasteiger partial charge in [0.15, 0.2) is 0 Å². The normalized spacial score (nSPS) is 10.9. The summed E-state index contributed by atoms with van der Waals surface area (Å²) in [6.45, 7) is 4.34. The molecule has 0 saturated heterocycles. The van der Waals surface area contributed by atoms with Gasteiger partial charge in [-0.25, -0.2) is 0 Å². The van der Waals surface area contributed by atoms with E-state index in [0.717, 1.165) is 22.5 Å². The molecule has 4 nitrogen and oxygen atoms in total. The van der Waals surface area contributed by atoms with Gasteiger partial charge >= 0.3 is 0 Å². The summed E-state index contributed by atoms with van der Waals surface area (Å²) < 4.78 is 1.79. The first-order valence-corrected chi connectivity index (χ1v) is 6.19. The van der Waals surface area contributed by atoms with E-state index in [9.17, 15) is 4.79 Å².